The molecule has 2 aromatic heterocycles. The summed E-state index contributed by atoms with van der Waals surface area (Å²) in [5, 5.41) is 30.6. The molecule has 3 heterocycles. The standard InChI is InChI=1S/C26H32N6O/c1-25(2)13-17(14-26(3,4)32-25)10-22-23(31-27-5)11-20(15-28-22)21-7-6-18(12-24(21)33)19-8-9-29-30-16-19/h6-9,11-12,15-17,32-33H,10,13-14H2,1-5H3. The van der Waals surface area contributed by atoms with Gasteiger partial charge in [-0.1, -0.05) is 6.07 Å². The lowest BCUT2D eigenvalue weighted by Crippen LogP contribution is -2.58. The molecule has 33 heavy (non-hydrogen) atoms. The van der Waals surface area contributed by atoms with Crippen LogP contribution in [0.1, 0.15) is 46.2 Å². The summed E-state index contributed by atoms with van der Waals surface area (Å²) < 4.78 is 0. The number of azo groups is 1. The number of nitrogens with zero attached hydrogens (tertiary/aromatic N) is 5. The highest BCUT2D eigenvalue weighted by molar-refractivity contribution is 5.76. The second-order valence-corrected chi connectivity index (χ2v) is 10.2. The number of pyridine rings is 1. The normalized spacial score (nSPS) is 18.0. The minimum absolute atomic E-state index is 0.0800. The van der Waals surface area contributed by atoms with Gasteiger partial charge in [0.05, 0.1) is 18.1 Å². The number of hydrogen-bond donors (Lipinski definition) is 2. The molecule has 0 spiro atoms. The molecule has 1 aromatic carbocycles. The molecule has 1 aliphatic rings. The van der Waals surface area contributed by atoms with Crippen LogP contribution in [0.2, 0.25) is 0 Å². The average Bonchev–Trinajstić information content (AvgIpc) is 2.73. The summed E-state index contributed by atoms with van der Waals surface area (Å²) in [6.45, 7) is 9.05. The van der Waals surface area contributed by atoms with Gasteiger partial charge in [0, 0.05) is 41.0 Å². The van der Waals surface area contributed by atoms with Crippen LogP contribution in [0.5, 0.6) is 5.75 Å². The van der Waals surface area contributed by atoms with E-state index in [4.69, 9.17) is 4.98 Å². The van der Waals surface area contributed by atoms with Crippen molar-refractivity contribution in [2.75, 3.05) is 7.05 Å². The maximum absolute atomic E-state index is 10.7. The summed E-state index contributed by atoms with van der Waals surface area (Å²) in [5.74, 6) is 0.683. The maximum Gasteiger partial charge on any atom is 0.124 e. The van der Waals surface area contributed by atoms with E-state index in [1.807, 2.05) is 30.5 Å². The topological polar surface area (TPSA) is 95.7 Å². The fraction of sp³-hybridized carbons (Fsp3) is 0.423. The van der Waals surface area contributed by atoms with Crippen molar-refractivity contribution in [1.82, 2.24) is 20.5 Å². The number of piperidine rings is 1. The molecule has 0 bridgehead atoms. The van der Waals surface area contributed by atoms with Gasteiger partial charge in [-0.25, -0.2) is 0 Å². The van der Waals surface area contributed by atoms with E-state index in [9.17, 15) is 5.11 Å². The molecule has 4 rings (SSSR count). The summed E-state index contributed by atoms with van der Waals surface area (Å²) in [7, 11) is 1.67. The fourth-order valence-corrected chi connectivity index (χ4v) is 5.35. The number of aromatic nitrogens is 3. The SMILES string of the molecule is CN=Nc1cc(-c2ccc(-c3ccnnc3)cc2O)cnc1CC1CC(C)(C)NC(C)(C)C1. The van der Waals surface area contributed by atoms with Gasteiger partial charge >= 0.3 is 0 Å². The predicted molar refractivity (Wildman–Crippen MR) is 131 cm³/mol. The van der Waals surface area contributed by atoms with E-state index in [0.29, 0.717) is 11.5 Å². The first kappa shape index (κ1) is 23.0. The first-order valence-electron chi connectivity index (χ1n) is 11.3. The van der Waals surface area contributed by atoms with Crippen LogP contribution in [0.3, 0.4) is 0 Å². The molecule has 0 saturated carbocycles. The molecule has 0 atom stereocenters. The Morgan fingerprint density at radius 1 is 0.970 bits per heavy atom. The van der Waals surface area contributed by atoms with E-state index in [-0.39, 0.29) is 16.8 Å². The van der Waals surface area contributed by atoms with Gasteiger partial charge in [-0.3, -0.25) is 4.98 Å². The van der Waals surface area contributed by atoms with Crippen LogP contribution in [-0.2, 0) is 6.42 Å². The number of hydrogen-bond acceptors (Lipinski definition) is 7. The summed E-state index contributed by atoms with van der Waals surface area (Å²) >= 11 is 0. The Morgan fingerprint density at radius 2 is 1.73 bits per heavy atom. The van der Waals surface area contributed by atoms with Crippen LogP contribution >= 0.6 is 0 Å². The molecule has 1 aliphatic heterocycles. The number of aromatic hydroxyl groups is 1. The highest BCUT2D eigenvalue weighted by atomic mass is 16.3. The summed E-state index contributed by atoms with van der Waals surface area (Å²) in [6.07, 6.45) is 8.14. The largest absolute Gasteiger partial charge is 0.507 e. The van der Waals surface area contributed by atoms with E-state index in [2.05, 4.69) is 53.4 Å². The predicted octanol–water partition coefficient (Wildman–Crippen LogP) is 5.72. The van der Waals surface area contributed by atoms with Gasteiger partial charge in [-0.05, 0) is 82.7 Å². The third-order valence-electron chi connectivity index (χ3n) is 6.14. The Labute approximate surface area is 195 Å². The van der Waals surface area contributed by atoms with E-state index in [0.717, 1.165) is 47.3 Å². The summed E-state index contributed by atoms with van der Waals surface area (Å²) in [6, 6.07) is 9.42. The summed E-state index contributed by atoms with van der Waals surface area (Å²) in [5.41, 5.74) is 5.15. The zero-order valence-corrected chi connectivity index (χ0v) is 20.0. The van der Waals surface area contributed by atoms with Crippen molar-refractivity contribution in [2.24, 2.45) is 16.1 Å². The number of rotatable bonds is 5. The van der Waals surface area contributed by atoms with Crippen molar-refractivity contribution in [1.29, 1.82) is 0 Å². The summed E-state index contributed by atoms with van der Waals surface area (Å²) in [4.78, 5) is 4.78. The second-order valence-electron chi connectivity index (χ2n) is 10.2. The highest BCUT2D eigenvalue weighted by Crippen LogP contribution is 2.38. The van der Waals surface area contributed by atoms with E-state index >= 15 is 0 Å². The van der Waals surface area contributed by atoms with Gasteiger partial charge in [0.15, 0.2) is 0 Å². The van der Waals surface area contributed by atoms with Crippen molar-refractivity contribution in [3.63, 3.8) is 0 Å². The minimum Gasteiger partial charge on any atom is -0.507 e. The molecule has 0 aliphatic carbocycles. The molecule has 2 N–H and O–H groups in total. The molecule has 7 heteroatoms. The minimum atomic E-state index is 0.0800. The van der Waals surface area contributed by atoms with Gasteiger partial charge in [-0.2, -0.15) is 20.4 Å². The third-order valence-corrected chi connectivity index (χ3v) is 6.14. The molecular formula is C26H32N6O. The number of phenolic OH excluding ortho intramolecular Hbond substituents is 1. The smallest absolute Gasteiger partial charge is 0.124 e. The van der Waals surface area contributed by atoms with Crippen molar-refractivity contribution in [3.05, 3.63) is 54.6 Å². The first-order valence-corrected chi connectivity index (χ1v) is 11.3. The molecular weight excluding hydrogens is 412 g/mol. The molecule has 0 radical (unpaired) electrons. The molecule has 0 unspecified atom stereocenters. The lowest BCUT2D eigenvalue weighted by atomic mass is 9.74. The lowest BCUT2D eigenvalue weighted by Gasteiger charge is -2.46. The fourth-order valence-electron chi connectivity index (χ4n) is 5.35. The van der Waals surface area contributed by atoms with Crippen LogP contribution in [0, 0.1) is 5.92 Å². The van der Waals surface area contributed by atoms with Gasteiger partial charge in [0.25, 0.3) is 0 Å². The Bertz CT molecular complexity index is 1140. The van der Waals surface area contributed by atoms with E-state index < -0.39 is 0 Å². The monoisotopic (exact) mass is 444 g/mol. The van der Waals surface area contributed by atoms with Crippen LogP contribution < -0.4 is 5.32 Å². The molecule has 0 amide bonds. The maximum atomic E-state index is 10.7. The Kier molecular flexibility index (Phi) is 6.26. The number of benzene rings is 1. The zero-order valence-electron chi connectivity index (χ0n) is 20.0. The Balaban J connectivity index is 1.63. The molecule has 7 nitrogen and oxygen atoms in total. The number of nitrogens with one attached hydrogen (secondary N) is 1. The lowest BCUT2D eigenvalue weighted by molar-refractivity contribution is 0.128. The van der Waals surface area contributed by atoms with Crippen LogP contribution in [0.4, 0.5) is 5.69 Å². The van der Waals surface area contributed by atoms with E-state index in [1.165, 1.54) is 0 Å². The molecule has 1 saturated heterocycles. The van der Waals surface area contributed by atoms with Gasteiger partial charge in [-0.15, -0.1) is 0 Å². The van der Waals surface area contributed by atoms with Crippen LogP contribution in [0.15, 0.2) is 59.2 Å². The third kappa shape index (κ3) is 5.42. The molecule has 172 valence electrons. The van der Waals surface area contributed by atoms with Crippen molar-refractivity contribution < 1.29 is 5.11 Å². The van der Waals surface area contributed by atoms with Gasteiger partial charge < -0.3 is 10.4 Å². The van der Waals surface area contributed by atoms with Crippen LogP contribution in [-0.4, -0.2) is 38.4 Å². The van der Waals surface area contributed by atoms with Gasteiger partial charge in [0.2, 0.25) is 0 Å². The van der Waals surface area contributed by atoms with Crippen molar-refractivity contribution in [3.8, 4) is 28.0 Å². The zero-order chi connectivity index (χ0) is 23.6. The number of phenols is 1. The van der Waals surface area contributed by atoms with Crippen LogP contribution in [0.25, 0.3) is 22.3 Å². The van der Waals surface area contributed by atoms with E-state index in [1.54, 1.807) is 25.5 Å². The van der Waals surface area contributed by atoms with Crippen molar-refractivity contribution in [2.45, 2.75) is 58.0 Å². The second kappa shape index (κ2) is 8.98. The Hall–Kier alpha value is -3.19. The Morgan fingerprint density at radius 3 is 2.36 bits per heavy atom. The average molecular weight is 445 g/mol. The van der Waals surface area contributed by atoms with Crippen molar-refractivity contribution >= 4 is 5.69 Å². The quantitative estimate of drug-likeness (QED) is 0.490. The first-order chi connectivity index (χ1) is 15.7. The highest BCUT2D eigenvalue weighted by Gasteiger charge is 2.37. The molecule has 1 fully saturated rings. The van der Waals surface area contributed by atoms with Gasteiger partial charge in [0.1, 0.15) is 11.4 Å². The molecule has 3 aromatic rings.